The average Bonchev–Trinajstić information content (AvgIpc) is 2.98. The summed E-state index contributed by atoms with van der Waals surface area (Å²) in [6.07, 6.45) is 7.25. The molecular formula is C17H22BrN5O. The molecule has 6 nitrogen and oxygen atoms in total. The molecule has 0 saturated heterocycles. The lowest BCUT2D eigenvalue weighted by molar-refractivity contribution is 0.254. The highest BCUT2D eigenvalue weighted by Gasteiger charge is 2.06. The summed E-state index contributed by atoms with van der Waals surface area (Å²) < 4.78 is 8.20. The summed E-state index contributed by atoms with van der Waals surface area (Å²) in [5.74, 6) is 0.626. The van der Waals surface area contributed by atoms with Crippen LogP contribution in [0.3, 0.4) is 0 Å². The van der Waals surface area contributed by atoms with Crippen molar-refractivity contribution in [3.8, 4) is 17.0 Å². The summed E-state index contributed by atoms with van der Waals surface area (Å²) in [7, 11) is 4.02. The molecule has 0 radical (unpaired) electrons. The molecule has 3 aromatic rings. The second-order valence-electron chi connectivity index (χ2n) is 5.14. The Balaban J connectivity index is 0.00000100. The molecule has 3 rings (SSSR count). The highest BCUT2D eigenvalue weighted by molar-refractivity contribution is 9.10. The normalized spacial score (nSPS) is 10.6. The van der Waals surface area contributed by atoms with E-state index in [0.29, 0.717) is 12.5 Å². The third kappa shape index (κ3) is 4.52. The van der Waals surface area contributed by atoms with Gasteiger partial charge in [0.2, 0.25) is 5.88 Å². The maximum Gasteiger partial charge on any atom is 0.213 e. The fourth-order valence-corrected chi connectivity index (χ4v) is 2.34. The smallest absolute Gasteiger partial charge is 0.213 e. The molecular weight excluding hydrogens is 370 g/mol. The van der Waals surface area contributed by atoms with Crippen molar-refractivity contribution in [3.63, 3.8) is 0 Å². The lowest BCUT2D eigenvalue weighted by Gasteiger charge is -2.10. The molecule has 0 aromatic carbocycles. The zero-order valence-corrected chi connectivity index (χ0v) is 16.0. The van der Waals surface area contributed by atoms with E-state index in [4.69, 9.17) is 4.74 Å². The van der Waals surface area contributed by atoms with Crippen molar-refractivity contribution in [1.82, 2.24) is 24.5 Å². The van der Waals surface area contributed by atoms with Gasteiger partial charge in [0.25, 0.3) is 0 Å². The molecule has 0 aliphatic carbocycles. The van der Waals surface area contributed by atoms with E-state index in [1.165, 1.54) is 0 Å². The van der Waals surface area contributed by atoms with Crippen molar-refractivity contribution < 1.29 is 4.74 Å². The number of pyridine rings is 1. The van der Waals surface area contributed by atoms with Crippen LogP contribution in [-0.4, -0.2) is 51.7 Å². The number of fused-ring (bicyclic) bond motifs is 1. The number of hydrogen-bond acceptors (Lipinski definition) is 5. The minimum Gasteiger partial charge on any atom is -0.476 e. The molecule has 0 atom stereocenters. The average molecular weight is 392 g/mol. The van der Waals surface area contributed by atoms with Crippen LogP contribution >= 0.6 is 15.9 Å². The zero-order chi connectivity index (χ0) is 17.5. The number of aromatic nitrogens is 4. The van der Waals surface area contributed by atoms with Crippen LogP contribution in [0.15, 0.2) is 41.4 Å². The second kappa shape index (κ2) is 8.75. The maximum atomic E-state index is 5.59. The number of rotatable bonds is 5. The molecule has 0 N–H and O–H groups in total. The van der Waals surface area contributed by atoms with Crippen LogP contribution in [0, 0.1) is 0 Å². The van der Waals surface area contributed by atoms with E-state index < -0.39 is 0 Å². The fourth-order valence-electron chi connectivity index (χ4n) is 1.96. The SMILES string of the molecule is CC.CN(C)CCOc1ccc(-c2cnc3c(Br)cnn3c2)cn1. The van der Waals surface area contributed by atoms with E-state index in [-0.39, 0.29) is 0 Å². The molecule has 3 heterocycles. The van der Waals surface area contributed by atoms with E-state index >= 15 is 0 Å². The molecule has 0 aliphatic heterocycles. The number of likely N-dealkylation sites (N-methyl/N-ethyl adjacent to an activating group) is 1. The van der Waals surface area contributed by atoms with Gasteiger partial charge in [0.05, 0.1) is 10.7 Å². The molecule has 0 aliphatic rings. The van der Waals surface area contributed by atoms with Crippen molar-refractivity contribution in [3.05, 3.63) is 41.4 Å². The molecule has 0 saturated carbocycles. The third-order valence-corrected chi connectivity index (χ3v) is 3.73. The lowest BCUT2D eigenvalue weighted by Crippen LogP contribution is -2.19. The summed E-state index contributed by atoms with van der Waals surface area (Å²) in [5, 5.41) is 4.24. The Hall–Kier alpha value is -1.99. The Morgan fingerprint density at radius 1 is 1.08 bits per heavy atom. The van der Waals surface area contributed by atoms with Gasteiger partial charge in [0.15, 0.2) is 5.65 Å². The molecule has 0 bridgehead atoms. The van der Waals surface area contributed by atoms with Crippen LogP contribution in [0.4, 0.5) is 0 Å². The van der Waals surface area contributed by atoms with E-state index in [1.807, 2.05) is 52.5 Å². The predicted octanol–water partition coefficient (Wildman–Crippen LogP) is 3.52. The first-order chi connectivity index (χ1) is 11.6. The molecule has 0 spiro atoms. The minimum atomic E-state index is 0.619. The Kier molecular flexibility index (Phi) is 6.69. The van der Waals surface area contributed by atoms with E-state index in [9.17, 15) is 0 Å². The van der Waals surface area contributed by atoms with Crippen molar-refractivity contribution in [2.75, 3.05) is 27.2 Å². The highest BCUT2D eigenvalue weighted by atomic mass is 79.9. The summed E-state index contributed by atoms with van der Waals surface area (Å²) in [6.45, 7) is 5.48. The van der Waals surface area contributed by atoms with Gasteiger partial charge < -0.3 is 9.64 Å². The first-order valence-electron chi connectivity index (χ1n) is 7.86. The van der Waals surface area contributed by atoms with Gasteiger partial charge in [-0.25, -0.2) is 14.5 Å². The van der Waals surface area contributed by atoms with Gasteiger partial charge in [0, 0.05) is 42.3 Å². The highest BCUT2D eigenvalue weighted by Crippen LogP contribution is 2.22. The van der Waals surface area contributed by atoms with Crippen molar-refractivity contribution >= 4 is 21.6 Å². The van der Waals surface area contributed by atoms with Gasteiger partial charge in [-0.05, 0) is 36.1 Å². The molecule has 128 valence electrons. The van der Waals surface area contributed by atoms with Gasteiger partial charge in [-0.1, -0.05) is 13.8 Å². The van der Waals surface area contributed by atoms with Gasteiger partial charge >= 0.3 is 0 Å². The topological polar surface area (TPSA) is 55.5 Å². The quantitative estimate of drug-likeness (QED) is 0.665. The predicted molar refractivity (Wildman–Crippen MR) is 99.3 cm³/mol. The van der Waals surface area contributed by atoms with Gasteiger partial charge in [-0.3, -0.25) is 0 Å². The second-order valence-corrected chi connectivity index (χ2v) is 5.99. The van der Waals surface area contributed by atoms with E-state index in [0.717, 1.165) is 27.8 Å². The third-order valence-electron chi connectivity index (χ3n) is 3.17. The first-order valence-corrected chi connectivity index (χ1v) is 8.65. The van der Waals surface area contributed by atoms with Crippen molar-refractivity contribution in [2.45, 2.75) is 13.8 Å². The van der Waals surface area contributed by atoms with Crippen LogP contribution in [0.2, 0.25) is 0 Å². The minimum absolute atomic E-state index is 0.619. The number of nitrogens with zero attached hydrogens (tertiary/aromatic N) is 5. The van der Waals surface area contributed by atoms with Crippen molar-refractivity contribution in [1.29, 1.82) is 0 Å². The molecule has 3 aromatic heterocycles. The van der Waals surface area contributed by atoms with Crippen molar-refractivity contribution in [2.24, 2.45) is 0 Å². The monoisotopic (exact) mass is 391 g/mol. The summed E-state index contributed by atoms with van der Waals surface area (Å²) in [5.41, 5.74) is 2.72. The van der Waals surface area contributed by atoms with Crippen LogP contribution in [0.1, 0.15) is 13.8 Å². The number of hydrogen-bond donors (Lipinski definition) is 0. The largest absolute Gasteiger partial charge is 0.476 e. The molecule has 24 heavy (non-hydrogen) atoms. The Bertz CT molecular complexity index is 770. The zero-order valence-electron chi connectivity index (χ0n) is 14.4. The Morgan fingerprint density at radius 3 is 2.50 bits per heavy atom. The van der Waals surface area contributed by atoms with Crippen LogP contribution < -0.4 is 4.74 Å². The molecule has 0 fully saturated rings. The maximum absolute atomic E-state index is 5.59. The van der Waals surface area contributed by atoms with E-state index in [2.05, 4.69) is 35.9 Å². The first kappa shape index (κ1) is 18.4. The lowest BCUT2D eigenvalue weighted by atomic mass is 10.1. The number of halogens is 1. The van der Waals surface area contributed by atoms with E-state index in [1.54, 1.807) is 16.9 Å². The van der Waals surface area contributed by atoms with Gasteiger partial charge in [-0.15, -0.1) is 0 Å². The Labute approximate surface area is 150 Å². The van der Waals surface area contributed by atoms with Gasteiger partial charge in [-0.2, -0.15) is 5.10 Å². The summed E-state index contributed by atoms with van der Waals surface area (Å²) in [6, 6.07) is 3.84. The summed E-state index contributed by atoms with van der Waals surface area (Å²) >= 11 is 3.41. The van der Waals surface area contributed by atoms with Gasteiger partial charge in [0.1, 0.15) is 6.61 Å². The Morgan fingerprint density at radius 2 is 1.83 bits per heavy atom. The molecule has 0 unspecified atom stereocenters. The fraction of sp³-hybridized carbons (Fsp3) is 0.353. The van der Waals surface area contributed by atoms with Crippen LogP contribution in [-0.2, 0) is 0 Å². The summed E-state index contributed by atoms with van der Waals surface area (Å²) in [4.78, 5) is 10.8. The van der Waals surface area contributed by atoms with Crippen LogP contribution in [0.25, 0.3) is 16.8 Å². The molecule has 0 amide bonds. The number of ether oxygens (including phenoxy) is 1. The molecule has 7 heteroatoms. The van der Waals surface area contributed by atoms with Crippen LogP contribution in [0.5, 0.6) is 5.88 Å². The standard InChI is InChI=1S/C15H16BrN5O.C2H6/c1-20(2)5-6-22-14-4-3-11(7-17-14)12-8-18-15-13(16)9-19-21(15)10-12;1-2/h3-4,7-10H,5-6H2,1-2H3;1-2H3.